The number of hydrogen-bond donors (Lipinski definition) is 1. The molecule has 0 radical (unpaired) electrons. The number of aliphatic hydroxyl groups is 1. The van der Waals surface area contributed by atoms with Crippen LogP contribution in [0.3, 0.4) is 0 Å². The molecular weight excluding hydrogens is 228 g/mol. The summed E-state index contributed by atoms with van der Waals surface area (Å²) in [5, 5.41) is 14.8. The predicted octanol–water partition coefficient (Wildman–Crippen LogP) is 2.33. The fourth-order valence-electron chi connectivity index (χ4n) is 2.40. The van der Waals surface area contributed by atoms with Gasteiger partial charge in [-0.2, -0.15) is 5.10 Å². The lowest BCUT2D eigenvalue weighted by Gasteiger charge is -2.28. The Bertz CT molecular complexity index is 383. The number of nitrogens with zero attached hydrogens (tertiary/aromatic N) is 2. The highest BCUT2D eigenvalue weighted by Crippen LogP contribution is 2.30. The van der Waals surface area contributed by atoms with Gasteiger partial charge in [-0.05, 0) is 39.2 Å². The molecule has 4 nitrogen and oxygen atoms in total. The quantitative estimate of drug-likeness (QED) is 0.875. The zero-order valence-electron chi connectivity index (χ0n) is 11.6. The zero-order valence-corrected chi connectivity index (χ0v) is 11.6. The Balaban J connectivity index is 1.98. The summed E-state index contributed by atoms with van der Waals surface area (Å²) in [4.78, 5) is 0. The molecule has 18 heavy (non-hydrogen) atoms. The standard InChI is InChI=1S/C14H24N2O2/c1-4-11(2)16-8-6-12(15-16)10-13(17)14(3)7-5-9-18-14/h6,8,11,13,17H,4-5,7,9-10H2,1-3H3. The molecule has 1 aliphatic rings. The van der Waals surface area contributed by atoms with Gasteiger partial charge in [-0.1, -0.05) is 6.92 Å². The van der Waals surface area contributed by atoms with Crippen molar-refractivity contribution < 1.29 is 9.84 Å². The second-order valence-electron chi connectivity index (χ2n) is 5.53. The van der Waals surface area contributed by atoms with E-state index in [2.05, 4.69) is 18.9 Å². The molecule has 0 saturated carbocycles. The number of aromatic nitrogens is 2. The molecule has 0 bridgehead atoms. The minimum atomic E-state index is -0.472. The Hall–Kier alpha value is -0.870. The van der Waals surface area contributed by atoms with Crippen molar-refractivity contribution >= 4 is 0 Å². The largest absolute Gasteiger partial charge is 0.390 e. The molecule has 3 atom stereocenters. The highest BCUT2D eigenvalue weighted by molar-refractivity contribution is 5.04. The normalized spacial score (nSPS) is 27.3. The Morgan fingerprint density at radius 1 is 1.61 bits per heavy atom. The van der Waals surface area contributed by atoms with Gasteiger partial charge in [-0.15, -0.1) is 0 Å². The van der Waals surface area contributed by atoms with Crippen LogP contribution in [0.25, 0.3) is 0 Å². The van der Waals surface area contributed by atoms with Crippen molar-refractivity contribution in [1.82, 2.24) is 9.78 Å². The second-order valence-corrected chi connectivity index (χ2v) is 5.53. The molecule has 1 saturated heterocycles. The predicted molar refractivity (Wildman–Crippen MR) is 70.5 cm³/mol. The van der Waals surface area contributed by atoms with Gasteiger partial charge in [0, 0.05) is 25.3 Å². The van der Waals surface area contributed by atoms with E-state index in [-0.39, 0.29) is 5.60 Å². The molecule has 0 spiro atoms. The van der Waals surface area contributed by atoms with Gasteiger partial charge in [0.15, 0.2) is 0 Å². The Morgan fingerprint density at radius 2 is 2.39 bits per heavy atom. The average Bonchev–Trinajstić information content (AvgIpc) is 2.98. The average molecular weight is 252 g/mol. The van der Waals surface area contributed by atoms with Crippen LogP contribution >= 0.6 is 0 Å². The molecule has 4 heteroatoms. The van der Waals surface area contributed by atoms with Crippen LogP contribution in [0, 0.1) is 0 Å². The third-order valence-corrected chi connectivity index (χ3v) is 4.06. The maximum absolute atomic E-state index is 10.3. The van der Waals surface area contributed by atoms with Gasteiger partial charge in [0.05, 0.1) is 17.4 Å². The van der Waals surface area contributed by atoms with Crippen LogP contribution in [0.1, 0.15) is 51.8 Å². The summed E-state index contributed by atoms with van der Waals surface area (Å²) in [5.41, 5.74) is 0.555. The van der Waals surface area contributed by atoms with E-state index in [1.807, 2.05) is 23.9 Å². The van der Waals surface area contributed by atoms with Gasteiger partial charge in [0.25, 0.3) is 0 Å². The first-order valence-electron chi connectivity index (χ1n) is 6.91. The molecule has 1 aromatic heterocycles. The van der Waals surface area contributed by atoms with E-state index in [0.29, 0.717) is 12.5 Å². The topological polar surface area (TPSA) is 47.3 Å². The van der Waals surface area contributed by atoms with Gasteiger partial charge in [-0.25, -0.2) is 0 Å². The minimum absolute atomic E-state index is 0.389. The molecular formula is C14H24N2O2. The maximum Gasteiger partial charge on any atom is 0.0916 e. The van der Waals surface area contributed by atoms with Gasteiger partial charge < -0.3 is 9.84 Å². The van der Waals surface area contributed by atoms with Crippen molar-refractivity contribution in [3.63, 3.8) is 0 Å². The lowest BCUT2D eigenvalue weighted by Crippen LogP contribution is -2.40. The van der Waals surface area contributed by atoms with Crippen LogP contribution in [0.2, 0.25) is 0 Å². The number of aliphatic hydroxyl groups excluding tert-OH is 1. The number of rotatable bonds is 5. The van der Waals surface area contributed by atoms with E-state index < -0.39 is 6.10 Å². The van der Waals surface area contributed by atoms with Crippen molar-refractivity contribution in [3.05, 3.63) is 18.0 Å². The lowest BCUT2D eigenvalue weighted by atomic mass is 9.92. The second kappa shape index (κ2) is 5.41. The first-order chi connectivity index (χ1) is 8.55. The van der Waals surface area contributed by atoms with Crippen LogP contribution < -0.4 is 0 Å². The van der Waals surface area contributed by atoms with E-state index >= 15 is 0 Å². The molecule has 2 heterocycles. The van der Waals surface area contributed by atoms with Gasteiger partial charge >= 0.3 is 0 Å². The number of hydrogen-bond acceptors (Lipinski definition) is 3. The highest BCUT2D eigenvalue weighted by Gasteiger charge is 2.37. The number of ether oxygens (including phenoxy) is 1. The van der Waals surface area contributed by atoms with Crippen molar-refractivity contribution in [1.29, 1.82) is 0 Å². The molecule has 1 aliphatic heterocycles. The van der Waals surface area contributed by atoms with E-state index in [4.69, 9.17) is 4.74 Å². The molecule has 1 aromatic rings. The van der Waals surface area contributed by atoms with Gasteiger partial charge in [0.2, 0.25) is 0 Å². The van der Waals surface area contributed by atoms with Crippen molar-refractivity contribution in [2.24, 2.45) is 0 Å². The third-order valence-electron chi connectivity index (χ3n) is 4.06. The summed E-state index contributed by atoms with van der Waals surface area (Å²) < 4.78 is 7.64. The van der Waals surface area contributed by atoms with Crippen LogP contribution in [-0.4, -0.2) is 33.2 Å². The monoisotopic (exact) mass is 252 g/mol. The Morgan fingerprint density at radius 3 is 3.00 bits per heavy atom. The summed E-state index contributed by atoms with van der Waals surface area (Å²) in [6.07, 6.45) is 5.12. The van der Waals surface area contributed by atoms with E-state index in [0.717, 1.165) is 31.6 Å². The summed E-state index contributed by atoms with van der Waals surface area (Å²) in [6, 6.07) is 2.41. The van der Waals surface area contributed by atoms with Gasteiger partial charge in [0.1, 0.15) is 0 Å². The fourth-order valence-corrected chi connectivity index (χ4v) is 2.40. The lowest BCUT2D eigenvalue weighted by molar-refractivity contribution is -0.0771. The van der Waals surface area contributed by atoms with E-state index in [1.165, 1.54) is 0 Å². The molecule has 0 aromatic carbocycles. The van der Waals surface area contributed by atoms with Crippen LogP contribution in [-0.2, 0) is 11.2 Å². The molecule has 102 valence electrons. The smallest absolute Gasteiger partial charge is 0.0916 e. The molecule has 0 aliphatic carbocycles. The molecule has 0 amide bonds. The van der Waals surface area contributed by atoms with Crippen molar-refractivity contribution in [2.75, 3.05) is 6.61 Å². The minimum Gasteiger partial charge on any atom is -0.390 e. The van der Waals surface area contributed by atoms with E-state index in [1.54, 1.807) is 0 Å². The third kappa shape index (κ3) is 2.75. The molecule has 3 unspecified atom stereocenters. The van der Waals surface area contributed by atoms with Gasteiger partial charge in [-0.3, -0.25) is 4.68 Å². The zero-order chi connectivity index (χ0) is 13.2. The van der Waals surface area contributed by atoms with Crippen molar-refractivity contribution in [3.8, 4) is 0 Å². The molecule has 1 fully saturated rings. The Labute approximate surface area is 109 Å². The first-order valence-corrected chi connectivity index (χ1v) is 6.91. The van der Waals surface area contributed by atoms with Crippen LogP contribution in [0.5, 0.6) is 0 Å². The van der Waals surface area contributed by atoms with E-state index in [9.17, 15) is 5.11 Å². The maximum atomic E-state index is 10.3. The highest BCUT2D eigenvalue weighted by atomic mass is 16.5. The summed E-state index contributed by atoms with van der Waals surface area (Å²) in [5.74, 6) is 0. The summed E-state index contributed by atoms with van der Waals surface area (Å²) >= 11 is 0. The van der Waals surface area contributed by atoms with Crippen molar-refractivity contribution in [2.45, 2.75) is 64.2 Å². The van der Waals surface area contributed by atoms with Crippen LogP contribution in [0.4, 0.5) is 0 Å². The first kappa shape index (κ1) is 13.6. The summed E-state index contributed by atoms with van der Waals surface area (Å²) in [7, 11) is 0. The molecule has 2 rings (SSSR count). The fraction of sp³-hybridized carbons (Fsp3) is 0.786. The summed E-state index contributed by atoms with van der Waals surface area (Å²) in [6.45, 7) is 7.05. The SMILES string of the molecule is CCC(C)n1ccc(CC(O)C2(C)CCCO2)n1. The molecule has 1 N–H and O–H groups in total. The Kier molecular flexibility index (Phi) is 4.07. The van der Waals surface area contributed by atoms with Crippen LogP contribution in [0.15, 0.2) is 12.3 Å².